The molecule has 4 rings (SSSR count). The van der Waals surface area contributed by atoms with Crippen molar-refractivity contribution < 1.29 is 18.3 Å². The molecule has 0 radical (unpaired) electrons. The second kappa shape index (κ2) is 9.96. The SMILES string of the molecule is CC(=O)N(c1nc(CSc2nnc(COc3ccc(F)cc3)n2N)cs1)c1ccccc1F. The van der Waals surface area contributed by atoms with Crippen molar-refractivity contribution in [3.8, 4) is 5.75 Å². The number of nitrogens with two attached hydrogens (primary N) is 1. The Morgan fingerprint density at radius 2 is 1.94 bits per heavy atom. The average molecular weight is 489 g/mol. The van der Waals surface area contributed by atoms with Gasteiger partial charge in [0.05, 0.1) is 11.4 Å². The smallest absolute Gasteiger partial charge is 0.230 e. The van der Waals surface area contributed by atoms with Crippen molar-refractivity contribution >= 4 is 39.8 Å². The molecule has 0 unspecified atom stereocenters. The van der Waals surface area contributed by atoms with Gasteiger partial charge in [-0.3, -0.25) is 9.69 Å². The van der Waals surface area contributed by atoms with E-state index in [1.165, 1.54) is 76.0 Å². The molecule has 0 spiro atoms. The number of hydrogen-bond acceptors (Lipinski definition) is 8. The molecule has 0 bridgehead atoms. The third kappa shape index (κ3) is 5.29. The summed E-state index contributed by atoms with van der Waals surface area (Å²) >= 11 is 2.54. The normalized spacial score (nSPS) is 10.9. The number of amides is 1. The molecule has 2 aromatic heterocycles. The van der Waals surface area contributed by atoms with Crippen LogP contribution in [0.5, 0.6) is 5.75 Å². The minimum atomic E-state index is -0.509. The number of carbonyl (C=O) groups is 1. The lowest BCUT2D eigenvalue weighted by Crippen LogP contribution is -2.23. The van der Waals surface area contributed by atoms with E-state index >= 15 is 0 Å². The Bertz CT molecular complexity index is 1260. The number of benzene rings is 2. The summed E-state index contributed by atoms with van der Waals surface area (Å²) in [6.45, 7) is 1.42. The number of ether oxygens (including phenoxy) is 1. The van der Waals surface area contributed by atoms with Crippen LogP contribution >= 0.6 is 23.1 Å². The highest BCUT2D eigenvalue weighted by Crippen LogP contribution is 2.32. The second-order valence-electron chi connectivity index (χ2n) is 6.73. The van der Waals surface area contributed by atoms with Crippen molar-refractivity contribution in [2.24, 2.45) is 0 Å². The summed E-state index contributed by atoms with van der Waals surface area (Å²) in [5, 5.41) is 10.7. The molecule has 8 nitrogen and oxygen atoms in total. The topological polar surface area (TPSA) is 99.2 Å². The molecule has 33 heavy (non-hydrogen) atoms. The molecular formula is C21H18F2N6O2S2. The Kier molecular flexibility index (Phi) is 6.84. The lowest BCUT2D eigenvalue weighted by Gasteiger charge is -2.18. The van der Waals surface area contributed by atoms with Gasteiger partial charge in [-0.15, -0.1) is 21.5 Å². The highest BCUT2D eigenvalue weighted by molar-refractivity contribution is 7.98. The van der Waals surface area contributed by atoms with Crippen molar-refractivity contribution in [3.05, 3.63) is 77.1 Å². The van der Waals surface area contributed by atoms with Crippen molar-refractivity contribution in [2.45, 2.75) is 24.4 Å². The van der Waals surface area contributed by atoms with E-state index in [-0.39, 0.29) is 24.0 Å². The van der Waals surface area contributed by atoms with Crippen LogP contribution in [0.25, 0.3) is 0 Å². The molecule has 0 aliphatic heterocycles. The van der Waals surface area contributed by atoms with Crippen LogP contribution in [0, 0.1) is 11.6 Å². The molecule has 0 atom stereocenters. The lowest BCUT2D eigenvalue weighted by atomic mass is 10.3. The maximum Gasteiger partial charge on any atom is 0.230 e. The fourth-order valence-electron chi connectivity index (χ4n) is 2.83. The zero-order valence-electron chi connectivity index (χ0n) is 17.3. The predicted octanol–water partition coefficient (Wildman–Crippen LogP) is 4.28. The number of nitrogens with zero attached hydrogens (tertiary/aromatic N) is 5. The average Bonchev–Trinajstić information content (AvgIpc) is 3.40. The molecule has 0 saturated heterocycles. The Hall–Kier alpha value is -3.51. The molecule has 0 saturated carbocycles. The number of thiazole rings is 1. The number of aromatic nitrogens is 4. The van der Waals surface area contributed by atoms with Crippen molar-refractivity contribution in [1.82, 2.24) is 19.9 Å². The van der Waals surface area contributed by atoms with E-state index in [1.54, 1.807) is 17.5 Å². The highest BCUT2D eigenvalue weighted by atomic mass is 32.2. The van der Waals surface area contributed by atoms with E-state index in [2.05, 4.69) is 15.2 Å². The van der Waals surface area contributed by atoms with Gasteiger partial charge in [-0.05, 0) is 36.4 Å². The van der Waals surface area contributed by atoms with Gasteiger partial charge in [0.25, 0.3) is 0 Å². The highest BCUT2D eigenvalue weighted by Gasteiger charge is 2.21. The van der Waals surface area contributed by atoms with E-state index < -0.39 is 5.82 Å². The van der Waals surface area contributed by atoms with Crippen LogP contribution in [-0.4, -0.2) is 25.8 Å². The van der Waals surface area contributed by atoms with Crippen LogP contribution in [0.3, 0.4) is 0 Å². The first-order valence-electron chi connectivity index (χ1n) is 9.62. The Labute approximate surface area is 196 Å². The minimum absolute atomic E-state index is 0.0623. The van der Waals surface area contributed by atoms with Gasteiger partial charge < -0.3 is 10.6 Å². The summed E-state index contributed by atoms with van der Waals surface area (Å²) in [5.41, 5.74) is 0.820. The summed E-state index contributed by atoms with van der Waals surface area (Å²) in [6.07, 6.45) is 0. The zero-order valence-corrected chi connectivity index (χ0v) is 18.9. The quantitative estimate of drug-likeness (QED) is 0.292. The molecule has 12 heteroatoms. The first-order chi connectivity index (χ1) is 15.9. The molecule has 1 amide bonds. The molecule has 0 aliphatic carbocycles. The van der Waals surface area contributed by atoms with Crippen LogP contribution in [-0.2, 0) is 17.2 Å². The van der Waals surface area contributed by atoms with Gasteiger partial charge in [0.1, 0.15) is 24.0 Å². The van der Waals surface area contributed by atoms with Gasteiger partial charge in [-0.1, -0.05) is 23.9 Å². The fraction of sp³-hybridized carbons (Fsp3) is 0.143. The Balaban J connectivity index is 1.40. The van der Waals surface area contributed by atoms with E-state index in [9.17, 15) is 13.6 Å². The summed E-state index contributed by atoms with van der Waals surface area (Å²) < 4.78 is 34.1. The monoisotopic (exact) mass is 488 g/mol. The molecule has 2 heterocycles. The first-order valence-corrected chi connectivity index (χ1v) is 11.5. The fourth-order valence-corrected chi connectivity index (χ4v) is 4.58. The maximum atomic E-state index is 14.2. The van der Waals surface area contributed by atoms with Crippen LogP contribution < -0.4 is 15.5 Å². The summed E-state index contributed by atoms with van der Waals surface area (Å²) in [7, 11) is 0. The van der Waals surface area contributed by atoms with E-state index in [0.29, 0.717) is 33.3 Å². The van der Waals surface area contributed by atoms with Gasteiger partial charge >= 0.3 is 0 Å². The third-order valence-electron chi connectivity index (χ3n) is 4.41. The van der Waals surface area contributed by atoms with Crippen molar-refractivity contribution in [1.29, 1.82) is 0 Å². The van der Waals surface area contributed by atoms with Crippen molar-refractivity contribution in [2.75, 3.05) is 10.7 Å². The number of halogens is 2. The number of nitrogen functional groups attached to an aromatic ring is 1. The van der Waals surface area contributed by atoms with Gasteiger partial charge in [-0.2, -0.15) is 0 Å². The van der Waals surface area contributed by atoms with Crippen LogP contribution in [0.4, 0.5) is 19.6 Å². The number of rotatable bonds is 8. The van der Waals surface area contributed by atoms with Crippen LogP contribution in [0.15, 0.2) is 59.1 Å². The standard InChI is InChI=1S/C21H18F2N6O2S2/c1-13(30)28(18-5-3-2-4-17(18)23)20-25-15(11-32-20)12-33-21-27-26-19(29(21)24)10-31-16-8-6-14(22)7-9-16/h2-9,11H,10,12,24H2,1H3. The number of anilines is 2. The van der Waals surface area contributed by atoms with Gasteiger partial charge in [0.2, 0.25) is 11.1 Å². The molecule has 2 N–H and O–H groups in total. The second-order valence-corrected chi connectivity index (χ2v) is 8.51. The molecule has 0 fully saturated rings. The van der Waals surface area contributed by atoms with Crippen LogP contribution in [0.2, 0.25) is 0 Å². The predicted molar refractivity (Wildman–Crippen MR) is 122 cm³/mol. The van der Waals surface area contributed by atoms with Gasteiger partial charge in [-0.25, -0.2) is 18.4 Å². The molecule has 4 aromatic rings. The third-order valence-corrected chi connectivity index (χ3v) is 6.26. The van der Waals surface area contributed by atoms with Gasteiger partial charge in [0, 0.05) is 18.1 Å². The summed E-state index contributed by atoms with van der Waals surface area (Å²) in [4.78, 5) is 17.9. The number of carbonyl (C=O) groups excluding carboxylic acids is 1. The van der Waals surface area contributed by atoms with Crippen LogP contribution in [0.1, 0.15) is 18.4 Å². The maximum absolute atomic E-state index is 14.2. The van der Waals surface area contributed by atoms with E-state index in [1.807, 2.05) is 0 Å². The Morgan fingerprint density at radius 3 is 2.67 bits per heavy atom. The summed E-state index contributed by atoms with van der Waals surface area (Å²) in [5.74, 6) is 6.13. The molecule has 170 valence electrons. The molecular weight excluding hydrogens is 470 g/mol. The number of para-hydroxylation sites is 1. The minimum Gasteiger partial charge on any atom is -0.486 e. The molecule has 2 aromatic carbocycles. The summed E-state index contributed by atoms with van der Waals surface area (Å²) in [6, 6.07) is 11.6. The largest absolute Gasteiger partial charge is 0.486 e. The van der Waals surface area contributed by atoms with E-state index in [0.717, 1.165) is 0 Å². The Morgan fingerprint density at radius 1 is 1.18 bits per heavy atom. The van der Waals surface area contributed by atoms with E-state index in [4.69, 9.17) is 10.6 Å². The lowest BCUT2D eigenvalue weighted by molar-refractivity contribution is -0.115. The number of hydrogen-bond donors (Lipinski definition) is 1. The first kappa shape index (κ1) is 22.7. The van der Waals surface area contributed by atoms with Gasteiger partial charge in [0.15, 0.2) is 11.0 Å². The number of thioether (sulfide) groups is 1. The molecule has 0 aliphatic rings. The zero-order chi connectivity index (χ0) is 23.4. The van der Waals surface area contributed by atoms with Crippen molar-refractivity contribution in [3.63, 3.8) is 0 Å².